The topological polar surface area (TPSA) is 43.7 Å². The molecule has 0 aliphatic carbocycles. The van der Waals surface area contributed by atoms with Gasteiger partial charge >= 0.3 is 0 Å². The van der Waals surface area contributed by atoms with E-state index in [-0.39, 0.29) is 12.7 Å². The van der Waals surface area contributed by atoms with E-state index < -0.39 is 0 Å². The van der Waals surface area contributed by atoms with E-state index in [1.165, 1.54) is 0 Å². The maximum atomic E-state index is 8.67. The first-order valence-corrected chi connectivity index (χ1v) is 4.29. The lowest BCUT2D eigenvalue weighted by atomic mass is 10.7. The van der Waals surface area contributed by atoms with Gasteiger partial charge in [-0.25, -0.2) is 0 Å². The Labute approximate surface area is 70.0 Å². The lowest BCUT2D eigenvalue weighted by Crippen LogP contribution is -2.28. The maximum Gasteiger partial charge on any atom is 0.140 e. The van der Waals surface area contributed by atoms with Crippen molar-refractivity contribution in [2.45, 2.75) is 6.92 Å². The zero-order valence-electron chi connectivity index (χ0n) is 5.78. The van der Waals surface area contributed by atoms with Crippen molar-refractivity contribution < 1.29 is 10.2 Å². The second-order valence-corrected chi connectivity index (χ2v) is 3.12. The third-order valence-corrected chi connectivity index (χ3v) is 2.24. The molecule has 5 heteroatoms. The number of thiocarbonyl (C=S) groups is 1. The summed E-state index contributed by atoms with van der Waals surface area (Å²) in [7, 11) is 0. The Morgan fingerprint density at radius 2 is 2.20 bits per heavy atom. The molecule has 0 rings (SSSR count). The molecular formula is C5H11NO2S2. The first-order chi connectivity index (χ1) is 4.76. The summed E-state index contributed by atoms with van der Waals surface area (Å²) in [4.78, 5) is 1.59. The second-order valence-electron chi connectivity index (χ2n) is 1.54. The molecule has 3 nitrogen and oxygen atoms in total. The van der Waals surface area contributed by atoms with Gasteiger partial charge in [-0.2, -0.15) is 0 Å². The quantitative estimate of drug-likeness (QED) is 0.482. The van der Waals surface area contributed by atoms with Gasteiger partial charge in [-0.3, -0.25) is 0 Å². The summed E-state index contributed by atoms with van der Waals surface area (Å²) in [5, 5.41) is 17.1. The Bertz CT molecular complexity index is 106. The van der Waals surface area contributed by atoms with Crippen molar-refractivity contribution in [1.82, 2.24) is 4.90 Å². The van der Waals surface area contributed by atoms with Crippen molar-refractivity contribution in [2.75, 3.05) is 19.2 Å². The molecule has 10 heavy (non-hydrogen) atoms. The molecule has 0 heterocycles. The fourth-order valence-corrected chi connectivity index (χ4v) is 1.26. The van der Waals surface area contributed by atoms with E-state index in [0.717, 1.165) is 11.8 Å². The molecule has 0 bridgehead atoms. The highest BCUT2D eigenvalue weighted by atomic mass is 32.2. The van der Waals surface area contributed by atoms with Crippen molar-refractivity contribution in [1.29, 1.82) is 0 Å². The Morgan fingerprint density at radius 1 is 1.60 bits per heavy atom. The van der Waals surface area contributed by atoms with E-state index in [1.54, 1.807) is 4.90 Å². The molecule has 0 fully saturated rings. The SMILES string of the molecule is CCN(CO)C(=S)SCO. The van der Waals surface area contributed by atoms with Gasteiger partial charge in [0.2, 0.25) is 0 Å². The van der Waals surface area contributed by atoms with Gasteiger partial charge in [-0.1, -0.05) is 24.0 Å². The molecule has 0 aromatic rings. The van der Waals surface area contributed by atoms with Gasteiger partial charge in [0.25, 0.3) is 0 Å². The van der Waals surface area contributed by atoms with Crippen molar-refractivity contribution in [3.05, 3.63) is 0 Å². The summed E-state index contributed by atoms with van der Waals surface area (Å²) in [5.74, 6) is -0.0324. The molecule has 0 radical (unpaired) electrons. The van der Waals surface area contributed by atoms with Crippen molar-refractivity contribution >= 4 is 28.3 Å². The van der Waals surface area contributed by atoms with Gasteiger partial charge in [-0.15, -0.1) is 0 Å². The van der Waals surface area contributed by atoms with Crippen LogP contribution in [0.3, 0.4) is 0 Å². The Morgan fingerprint density at radius 3 is 2.50 bits per heavy atom. The Balaban J connectivity index is 3.65. The van der Waals surface area contributed by atoms with Crippen LogP contribution in [0.2, 0.25) is 0 Å². The van der Waals surface area contributed by atoms with Gasteiger partial charge in [0.15, 0.2) is 0 Å². The average molecular weight is 181 g/mol. The summed E-state index contributed by atoms with van der Waals surface area (Å²) >= 11 is 5.98. The fourth-order valence-electron chi connectivity index (χ4n) is 0.433. The zero-order chi connectivity index (χ0) is 7.98. The number of aliphatic hydroxyl groups excluding tert-OH is 2. The van der Waals surface area contributed by atoms with Crippen LogP contribution in [-0.4, -0.2) is 38.6 Å². The average Bonchev–Trinajstić information content (AvgIpc) is 1.91. The number of thioether (sulfide) groups is 1. The lowest BCUT2D eigenvalue weighted by Gasteiger charge is -2.18. The van der Waals surface area contributed by atoms with Crippen molar-refractivity contribution in [3.63, 3.8) is 0 Å². The van der Waals surface area contributed by atoms with Crippen molar-refractivity contribution in [2.24, 2.45) is 0 Å². The minimum absolute atomic E-state index is 0.0324. The fraction of sp³-hybridized carbons (Fsp3) is 0.800. The predicted molar refractivity (Wildman–Crippen MR) is 46.7 cm³/mol. The summed E-state index contributed by atoms with van der Waals surface area (Å²) in [5.41, 5.74) is 0. The molecule has 0 unspecified atom stereocenters. The normalized spacial score (nSPS) is 9.50. The highest BCUT2D eigenvalue weighted by Gasteiger charge is 2.04. The van der Waals surface area contributed by atoms with Gasteiger partial charge in [0, 0.05) is 6.54 Å². The highest BCUT2D eigenvalue weighted by molar-refractivity contribution is 8.22. The maximum absolute atomic E-state index is 8.67. The molecular weight excluding hydrogens is 170 g/mol. The number of nitrogens with zero attached hydrogens (tertiary/aromatic N) is 1. The van der Waals surface area contributed by atoms with Gasteiger partial charge in [-0.05, 0) is 6.92 Å². The highest BCUT2D eigenvalue weighted by Crippen LogP contribution is 2.06. The first-order valence-electron chi connectivity index (χ1n) is 2.89. The third-order valence-electron chi connectivity index (χ3n) is 0.999. The largest absolute Gasteiger partial charge is 0.385 e. The molecule has 0 atom stereocenters. The van der Waals surface area contributed by atoms with E-state index in [1.807, 2.05) is 6.92 Å². The van der Waals surface area contributed by atoms with Crippen LogP contribution in [0.25, 0.3) is 0 Å². The zero-order valence-corrected chi connectivity index (χ0v) is 7.41. The molecule has 2 N–H and O–H groups in total. The summed E-state index contributed by atoms with van der Waals surface area (Å²) in [6.45, 7) is 2.48. The third kappa shape index (κ3) is 3.36. The van der Waals surface area contributed by atoms with Crippen LogP contribution in [0.4, 0.5) is 0 Å². The first kappa shape index (κ1) is 10.2. The molecule has 0 spiro atoms. The molecule has 0 amide bonds. The van der Waals surface area contributed by atoms with Crippen LogP contribution in [0, 0.1) is 0 Å². The van der Waals surface area contributed by atoms with Crippen LogP contribution in [0.1, 0.15) is 6.92 Å². The summed E-state index contributed by atoms with van der Waals surface area (Å²) in [6, 6.07) is 0. The molecule has 0 saturated carbocycles. The molecule has 0 saturated heterocycles. The standard InChI is InChI=1S/C5H11NO2S2/c1-2-6(3-7)5(9)10-4-8/h7-8H,2-4H2,1H3. The van der Waals surface area contributed by atoms with Crippen LogP contribution in [0.15, 0.2) is 0 Å². The monoisotopic (exact) mass is 181 g/mol. The predicted octanol–water partition coefficient (Wildman–Crippen LogP) is 0.226. The second kappa shape index (κ2) is 5.91. The van der Waals surface area contributed by atoms with E-state index in [4.69, 9.17) is 22.4 Å². The van der Waals surface area contributed by atoms with Crippen LogP contribution in [0.5, 0.6) is 0 Å². The van der Waals surface area contributed by atoms with E-state index >= 15 is 0 Å². The van der Waals surface area contributed by atoms with Gasteiger partial charge in [0.1, 0.15) is 11.1 Å². The minimum Gasteiger partial charge on any atom is -0.385 e. The van der Waals surface area contributed by atoms with Gasteiger partial charge in [0.05, 0.1) is 5.94 Å². The summed E-state index contributed by atoms with van der Waals surface area (Å²) < 4.78 is 0.535. The smallest absolute Gasteiger partial charge is 0.140 e. The number of aliphatic hydroxyl groups is 2. The van der Waals surface area contributed by atoms with Crippen LogP contribution in [-0.2, 0) is 0 Å². The molecule has 0 aliphatic rings. The summed E-state index contributed by atoms with van der Waals surface area (Å²) in [6.07, 6.45) is 0. The van der Waals surface area contributed by atoms with Crippen LogP contribution < -0.4 is 0 Å². The molecule has 0 aromatic carbocycles. The van der Waals surface area contributed by atoms with E-state index in [2.05, 4.69) is 0 Å². The molecule has 60 valence electrons. The van der Waals surface area contributed by atoms with Crippen molar-refractivity contribution in [3.8, 4) is 0 Å². The minimum atomic E-state index is -0.0810. The van der Waals surface area contributed by atoms with Crippen LogP contribution >= 0.6 is 24.0 Å². The number of hydrogen-bond donors (Lipinski definition) is 2. The molecule has 0 aliphatic heterocycles. The molecule has 0 aromatic heterocycles. The number of rotatable bonds is 3. The number of hydrogen-bond acceptors (Lipinski definition) is 4. The lowest BCUT2D eigenvalue weighted by molar-refractivity contribution is 0.179. The van der Waals surface area contributed by atoms with E-state index in [0.29, 0.717) is 10.9 Å². The van der Waals surface area contributed by atoms with Gasteiger partial charge < -0.3 is 15.1 Å². The Hall–Kier alpha value is 0.160. The Kier molecular flexibility index (Phi) is 6.00. The van der Waals surface area contributed by atoms with E-state index in [9.17, 15) is 0 Å².